The number of hydrogen-bond acceptors (Lipinski definition) is 5. The van der Waals surface area contributed by atoms with E-state index in [9.17, 15) is 4.79 Å². The maximum absolute atomic E-state index is 12.8. The first-order valence-corrected chi connectivity index (χ1v) is 10.1. The highest BCUT2D eigenvalue weighted by Gasteiger charge is 2.23. The van der Waals surface area contributed by atoms with E-state index >= 15 is 0 Å². The predicted octanol–water partition coefficient (Wildman–Crippen LogP) is 3.73. The topological polar surface area (TPSA) is 58.6 Å². The van der Waals surface area contributed by atoms with Crippen molar-refractivity contribution in [2.75, 3.05) is 38.2 Å². The molecule has 2 heterocycles. The van der Waals surface area contributed by atoms with Crippen LogP contribution in [0.1, 0.15) is 21.5 Å². The molecule has 1 fully saturated rings. The van der Waals surface area contributed by atoms with Crippen LogP contribution in [0.5, 0.6) is 5.75 Å². The summed E-state index contributed by atoms with van der Waals surface area (Å²) in [4.78, 5) is 16.9. The van der Waals surface area contributed by atoms with Crippen molar-refractivity contribution in [3.05, 3.63) is 71.3 Å². The summed E-state index contributed by atoms with van der Waals surface area (Å²) >= 11 is 0. The van der Waals surface area contributed by atoms with E-state index in [0.29, 0.717) is 13.1 Å². The van der Waals surface area contributed by atoms with Crippen LogP contribution >= 0.6 is 0 Å². The van der Waals surface area contributed by atoms with Crippen LogP contribution < -0.4 is 9.64 Å². The van der Waals surface area contributed by atoms with Crippen LogP contribution in [-0.4, -0.2) is 54.3 Å². The van der Waals surface area contributed by atoms with E-state index in [1.807, 2.05) is 66.4 Å². The molecule has 30 heavy (non-hydrogen) atoms. The zero-order valence-corrected chi connectivity index (χ0v) is 17.6. The Hall–Kier alpha value is -3.41. The second-order valence-electron chi connectivity index (χ2n) is 7.58. The molecule has 0 aliphatic carbocycles. The highest BCUT2D eigenvalue weighted by Crippen LogP contribution is 2.22. The summed E-state index contributed by atoms with van der Waals surface area (Å²) in [5.74, 6) is 1.75. The molecule has 6 heteroatoms. The fourth-order valence-corrected chi connectivity index (χ4v) is 3.61. The van der Waals surface area contributed by atoms with E-state index in [1.165, 1.54) is 5.56 Å². The number of aryl methyl sites for hydroxylation is 2. The van der Waals surface area contributed by atoms with Gasteiger partial charge in [-0.3, -0.25) is 4.79 Å². The minimum atomic E-state index is 0.0960. The van der Waals surface area contributed by atoms with Gasteiger partial charge in [-0.25, -0.2) is 0 Å². The molecule has 0 unspecified atom stereocenters. The molecule has 6 nitrogen and oxygen atoms in total. The quantitative estimate of drug-likeness (QED) is 0.666. The molecule has 1 aliphatic heterocycles. The molecule has 1 aromatic heterocycles. The molecule has 0 bridgehead atoms. The number of carbonyl (C=O) groups excluding carboxylic acids is 1. The number of rotatable bonds is 4. The molecule has 3 aromatic rings. The lowest BCUT2D eigenvalue weighted by molar-refractivity contribution is 0.0746. The number of methoxy groups -OCH3 is 1. The van der Waals surface area contributed by atoms with Crippen LogP contribution in [0.25, 0.3) is 11.3 Å². The SMILES string of the molecule is COc1ccc(-c2ccc(N3CCN(C(=O)c4ccc(C)c(C)c4)CC3)nn2)cc1. The lowest BCUT2D eigenvalue weighted by Crippen LogP contribution is -2.49. The first-order chi connectivity index (χ1) is 14.5. The summed E-state index contributed by atoms with van der Waals surface area (Å²) in [7, 11) is 1.65. The summed E-state index contributed by atoms with van der Waals surface area (Å²) in [5.41, 5.74) is 4.93. The minimum absolute atomic E-state index is 0.0960. The number of ether oxygens (including phenoxy) is 1. The average Bonchev–Trinajstić information content (AvgIpc) is 2.81. The standard InChI is InChI=1S/C24H26N4O2/c1-17-4-5-20(16-18(17)2)24(29)28-14-12-27(13-15-28)23-11-10-22(25-26-23)19-6-8-21(30-3)9-7-19/h4-11,16H,12-15H2,1-3H3. The first kappa shape index (κ1) is 19.9. The van der Waals surface area contributed by atoms with Crippen LogP contribution in [0.2, 0.25) is 0 Å². The van der Waals surface area contributed by atoms with Crippen molar-refractivity contribution in [3.8, 4) is 17.0 Å². The number of anilines is 1. The van der Waals surface area contributed by atoms with Crippen LogP contribution in [0.4, 0.5) is 5.82 Å². The summed E-state index contributed by atoms with van der Waals surface area (Å²) < 4.78 is 5.20. The highest BCUT2D eigenvalue weighted by atomic mass is 16.5. The molecule has 4 rings (SSSR count). The number of aromatic nitrogens is 2. The van der Waals surface area contributed by atoms with Crippen LogP contribution in [0.3, 0.4) is 0 Å². The van der Waals surface area contributed by atoms with E-state index in [4.69, 9.17) is 4.74 Å². The lowest BCUT2D eigenvalue weighted by atomic mass is 10.1. The highest BCUT2D eigenvalue weighted by molar-refractivity contribution is 5.94. The molecule has 1 saturated heterocycles. The monoisotopic (exact) mass is 402 g/mol. The third-order valence-corrected chi connectivity index (χ3v) is 5.68. The number of hydrogen-bond donors (Lipinski definition) is 0. The van der Waals surface area contributed by atoms with Crippen molar-refractivity contribution in [1.82, 2.24) is 15.1 Å². The van der Waals surface area contributed by atoms with E-state index in [-0.39, 0.29) is 5.91 Å². The second kappa shape index (κ2) is 8.53. The minimum Gasteiger partial charge on any atom is -0.497 e. The van der Waals surface area contributed by atoms with Crippen molar-refractivity contribution in [2.45, 2.75) is 13.8 Å². The van der Waals surface area contributed by atoms with Crippen molar-refractivity contribution in [2.24, 2.45) is 0 Å². The maximum Gasteiger partial charge on any atom is 0.253 e. The van der Waals surface area contributed by atoms with Gasteiger partial charge in [-0.15, -0.1) is 10.2 Å². The Kier molecular flexibility index (Phi) is 5.65. The Bertz CT molecular complexity index is 1020. The molecule has 0 radical (unpaired) electrons. The smallest absolute Gasteiger partial charge is 0.253 e. The lowest BCUT2D eigenvalue weighted by Gasteiger charge is -2.35. The number of carbonyl (C=O) groups is 1. The third kappa shape index (κ3) is 4.13. The van der Waals surface area contributed by atoms with Crippen LogP contribution in [0.15, 0.2) is 54.6 Å². The number of amides is 1. The number of nitrogens with zero attached hydrogens (tertiary/aromatic N) is 4. The first-order valence-electron chi connectivity index (χ1n) is 10.1. The normalized spacial score (nSPS) is 14.0. The molecule has 154 valence electrons. The fraction of sp³-hybridized carbons (Fsp3) is 0.292. The third-order valence-electron chi connectivity index (χ3n) is 5.68. The van der Waals surface area contributed by atoms with Gasteiger partial charge >= 0.3 is 0 Å². The largest absolute Gasteiger partial charge is 0.497 e. The molecule has 0 N–H and O–H groups in total. The zero-order valence-electron chi connectivity index (χ0n) is 17.6. The van der Waals surface area contributed by atoms with Gasteiger partial charge < -0.3 is 14.5 Å². The second-order valence-corrected chi connectivity index (χ2v) is 7.58. The van der Waals surface area contributed by atoms with Crippen molar-refractivity contribution in [3.63, 3.8) is 0 Å². The Morgan fingerprint density at radius 1 is 0.867 bits per heavy atom. The molecular formula is C24H26N4O2. The maximum atomic E-state index is 12.8. The molecular weight excluding hydrogens is 376 g/mol. The Balaban J connectivity index is 1.38. The number of piperazine rings is 1. The van der Waals surface area contributed by atoms with Gasteiger partial charge in [0.2, 0.25) is 0 Å². The summed E-state index contributed by atoms with van der Waals surface area (Å²) in [6.45, 7) is 6.93. The van der Waals surface area contributed by atoms with E-state index in [1.54, 1.807) is 7.11 Å². The van der Waals surface area contributed by atoms with Gasteiger partial charge in [-0.1, -0.05) is 6.07 Å². The number of benzene rings is 2. The summed E-state index contributed by atoms with van der Waals surface area (Å²) in [6.07, 6.45) is 0. The molecule has 2 aromatic carbocycles. The Labute approximate surface area is 177 Å². The van der Waals surface area contributed by atoms with Crippen molar-refractivity contribution < 1.29 is 9.53 Å². The predicted molar refractivity (Wildman–Crippen MR) is 118 cm³/mol. The Morgan fingerprint density at radius 3 is 2.20 bits per heavy atom. The molecule has 1 aliphatic rings. The van der Waals surface area contributed by atoms with E-state index in [2.05, 4.69) is 22.0 Å². The Morgan fingerprint density at radius 2 is 1.60 bits per heavy atom. The van der Waals surface area contributed by atoms with Crippen LogP contribution in [-0.2, 0) is 0 Å². The molecule has 0 saturated carbocycles. The van der Waals surface area contributed by atoms with Gasteiger partial charge in [0.15, 0.2) is 5.82 Å². The summed E-state index contributed by atoms with van der Waals surface area (Å²) in [5, 5.41) is 8.80. The van der Waals surface area contributed by atoms with Gasteiger partial charge in [0.1, 0.15) is 5.75 Å². The van der Waals surface area contributed by atoms with Gasteiger partial charge in [0, 0.05) is 37.3 Å². The van der Waals surface area contributed by atoms with Crippen molar-refractivity contribution >= 4 is 11.7 Å². The van der Waals surface area contributed by atoms with E-state index < -0.39 is 0 Å². The summed E-state index contributed by atoms with van der Waals surface area (Å²) in [6, 6.07) is 17.7. The van der Waals surface area contributed by atoms with Gasteiger partial charge in [0.05, 0.1) is 12.8 Å². The van der Waals surface area contributed by atoms with Crippen LogP contribution in [0, 0.1) is 13.8 Å². The zero-order chi connectivity index (χ0) is 21.1. The molecule has 1 amide bonds. The van der Waals surface area contributed by atoms with E-state index in [0.717, 1.165) is 47.0 Å². The van der Waals surface area contributed by atoms with Gasteiger partial charge in [-0.2, -0.15) is 0 Å². The molecule has 0 spiro atoms. The fourth-order valence-electron chi connectivity index (χ4n) is 3.61. The molecule has 0 atom stereocenters. The van der Waals surface area contributed by atoms with Gasteiger partial charge in [-0.05, 0) is 73.5 Å². The van der Waals surface area contributed by atoms with Gasteiger partial charge in [0.25, 0.3) is 5.91 Å². The average molecular weight is 402 g/mol. The van der Waals surface area contributed by atoms with Crippen molar-refractivity contribution in [1.29, 1.82) is 0 Å².